The van der Waals surface area contributed by atoms with Crippen LogP contribution in [0.2, 0.25) is 0 Å². The van der Waals surface area contributed by atoms with Gasteiger partial charge in [0.1, 0.15) is 5.76 Å². The van der Waals surface area contributed by atoms with Crippen LogP contribution >= 0.6 is 0 Å². The molecule has 0 spiro atoms. The van der Waals surface area contributed by atoms with Crippen LogP contribution < -0.4 is 5.32 Å². The maximum absolute atomic E-state index is 11.9. The number of rotatable bonds is 7. The van der Waals surface area contributed by atoms with Crippen LogP contribution in [0.4, 0.5) is 4.79 Å². The van der Waals surface area contributed by atoms with Gasteiger partial charge in [-0.3, -0.25) is 0 Å². The fourth-order valence-corrected chi connectivity index (χ4v) is 1.88. The van der Waals surface area contributed by atoms with Crippen molar-refractivity contribution in [2.24, 2.45) is 0 Å². The van der Waals surface area contributed by atoms with Gasteiger partial charge in [0.2, 0.25) is 5.89 Å². The second kappa shape index (κ2) is 7.63. The van der Waals surface area contributed by atoms with Crippen molar-refractivity contribution in [2.75, 3.05) is 13.6 Å². The summed E-state index contributed by atoms with van der Waals surface area (Å²) < 4.78 is 10.4. The Balaban J connectivity index is 1.66. The van der Waals surface area contributed by atoms with Gasteiger partial charge in [-0.25, -0.2) is 4.79 Å². The molecule has 0 aliphatic rings. The van der Waals surface area contributed by atoms with Crippen LogP contribution in [-0.4, -0.2) is 34.7 Å². The number of hydrogen-bond acceptors (Lipinski definition) is 5. The first-order valence-electron chi connectivity index (χ1n) is 7.40. The third-order valence-electron chi connectivity index (χ3n) is 3.16. The number of nitrogens with zero attached hydrogens (tertiary/aromatic N) is 3. The average molecular weight is 306 g/mol. The van der Waals surface area contributed by atoms with Crippen molar-refractivity contribution < 1.29 is 13.7 Å². The highest BCUT2D eigenvalue weighted by Gasteiger charge is 2.11. The molecule has 0 atom stereocenters. The lowest BCUT2D eigenvalue weighted by Gasteiger charge is -2.16. The summed E-state index contributed by atoms with van der Waals surface area (Å²) in [5, 5.41) is 6.76. The van der Waals surface area contributed by atoms with Gasteiger partial charge < -0.3 is 19.2 Å². The molecule has 0 aliphatic heterocycles. The highest BCUT2D eigenvalue weighted by molar-refractivity contribution is 5.73. The Morgan fingerprint density at radius 1 is 1.45 bits per heavy atom. The number of hydrogen-bond donors (Lipinski definition) is 1. The van der Waals surface area contributed by atoms with E-state index in [1.54, 1.807) is 24.3 Å². The minimum absolute atomic E-state index is 0.134. The van der Waals surface area contributed by atoms with E-state index < -0.39 is 0 Å². The molecule has 1 N–H and O–H groups in total. The maximum Gasteiger partial charge on any atom is 0.317 e. The summed E-state index contributed by atoms with van der Waals surface area (Å²) in [7, 11) is 1.73. The number of amides is 2. The third-order valence-corrected chi connectivity index (χ3v) is 3.16. The van der Waals surface area contributed by atoms with E-state index >= 15 is 0 Å². The molecular formula is C15H22N4O3. The van der Waals surface area contributed by atoms with Gasteiger partial charge >= 0.3 is 6.03 Å². The molecule has 0 saturated heterocycles. The first-order valence-corrected chi connectivity index (χ1v) is 7.40. The second-order valence-electron chi connectivity index (χ2n) is 5.47. The molecule has 0 fully saturated rings. The van der Waals surface area contributed by atoms with E-state index in [2.05, 4.69) is 15.5 Å². The summed E-state index contributed by atoms with van der Waals surface area (Å²) in [4.78, 5) is 17.8. The monoisotopic (exact) mass is 306 g/mol. The van der Waals surface area contributed by atoms with Crippen LogP contribution in [0.15, 0.2) is 27.3 Å². The Morgan fingerprint density at radius 2 is 2.27 bits per heavy atom. The summed E-state index contributed by atoms with van der Waals surface area (Å²) in [6.07, 6.45) is 3.00. The Bertz CT molecular complexity index is 577. The zero-order valence-corrected chi connectivity index (χ0v) is 13.2. The van der Waals surface area contributed by atoms with Gasteiger partial charge in [-0.15, -0.1) is 0 Å². The minimum Gasteiger partial charge on any atom is -0.467 e. The number of furan rings is 1. The number of aryl methyl sites for hydroxylation is 1. The number of carbonyl (C=O) groups excluding carboxylic acids is 1. The normalized spacial score (nSPS) is 10.9. The van der Waals surface area contributed by atoms with Crippen LogP contribution in [0.5, 0.6) is 0 Å². The second-order valence-corrected chi connectivity index (χ2v) is 5.47. The van der Waals surface area contributed by atoms with E-state index in [-0.39, 0.29) is 11.9 Å². The van der Waals surface area contributed by atoms with Crippen LogP contribution in [0, 0.1) is 0 Å². The SMILES string of the molecule is CC(C)c1noc(CCCNC(=O)N(C)Cc2ccco2)n1. The maximum atomic E-state index is 11.9. The first-order chi connectivity index (χ1) is 10.6. The molecule has 2 heterocycles. The van der Waals surface area contributed by atoms with Crippen molar-refractivity contribution in [3.8, 4) is 0 Å². The van der Waals surface area contributed by atoms with E-state index in [0.717, 1.165) is 18.0 Å². The molecule has 2 aromatic rings. The highest BCUT2D eigenvalue weighted by Crippen LogP contribution is 2.10. The zero-order chi connectivity index (χ0) is 15.9. The van der Waals surface area contributed by atoms with Crippen LogP contribution in [0.25, 0.3) is 0 Å². The van der Waals surface area contributed by atoms with Gasteiger partial charge in [-0.1, -0.05) is 19.0 Å². The van der Waals surface area contributed by atoms with Crippen molar-refractivity contribution in [2.45, 2.75) is 39.2 Å². The van der Waals surface area contributed by atoms with Crippen molar-refractivity contribution in [3.05, 3.63) is 35.9 Å². The number of nitrogens with one attached hydrogen (secondary N) is 1. The average Bonchev–Trinajstić information content (AvgIpc) is 3.14. The molecule has 7 heteroatoms. The van der Waals surface area contributed by atoms with Gasteiger partial charge in [-0.2, -0.15) is 4.98 Å². The van der Waals surface area contributed by atoms with Crippen molar-refractivity contribution in [3.63, 3.8) is 0 Å². The largest absolute Gasteiger partial charge is 0.467 e. The highest BCUT2D eigenvalue weighted by atomic mass is 16.5. The number of carbonyl (C=O) groups is 1. The lowest BCUT2D eigenvalue weighted by molar-refractivity contribution is 0.203. The smallest absolute Gasteiger partial charge is 0.317 e. The molecule has 0 aliphatic carbocycles. The van der Waals surface area contributed by atoms with Gasteiger partial charge in [0.25, 0.3) is 0 Å². The van der Waals surface area contributed by atoms with E-state index in [4.69, 9.17) is 8.94 Å². The van der Waals surface area contributed by atoms with Gasteiger partial charge in [0.05, 0.1) is 12.8 Å². The van der Waals surface area contributed by atoms with Crippen LogP contribution in [0.1, 0.15) is 43.7 Å². The van der Waals surface area contributed by atoms with Crippen molar-refractivity contribution in [1.29, 1.82) is 0 Å². The number of aromatic nitrogens is 2. The topological polar surface area (TPSA) is 84.4 Å². The number of urea groups is 1. The molecule has 0 unspecified atom stereocenters. The van der Waals surface area contributed by atoms with E-state index in [0.29, 0.717) is 25.4 Å². The Hall–Kier alpha value is -2.31. The van der Waals surface area contributed by atoms with Gasteiger partial charge in [-0.05, 0) is 18.6 Å². The third kappa shape index (κ3) is 4.61. The van der Waals surface area contributed by atoms with Crippen molar-refractivity contribution in [1.82, 2.24) is 20.4 Å². The predicted molar refractivity (Wildman–Crippen MR) is 80.3 cm³/mol. The molecular weight excluding hydrogens is 284 g/mol. The molecule has 0 saturated carbocycles. The summed E-state index contributed by atoms with van der Waals surface area (Å²) >= 11 is 0. The predicted octanol–water partition coefficient (Wildman–Crippen LogP) is 2.56. The lowest BCUT2D eigenvalue weighted by atomic mass is 10.2. The molecule has 0 bridgehead atoms. The Morgan fingerprint density at radius 3 is 2.91 bits per heavy atom. The lowest BCUT2D eigenvalue weighted by Crippen LogP contribution is -2.37. The molecule has 22 heavy (non-hydrogen) atoms. The molecule has 2 amide bonds. The van der Waals surface area contributed by atoms with Crippen molar-refractivity contribution >= 4 is 6.03 Å². The molecule has 2 aromatic heterocycles. The zero-order valence-electron chi connectivity index (χ0n) is 13.2. The summed E-state index contributed by atoms with van der Waals surface area (Å²) in [5.74, 6) is 2.34. The minimum atomic E-state index is -0.134. The Labute approximate surface area is 129 Å². The van der Waals surface area contributed by atoms with E-state index in [9.17, 15) is 4.79 Å². The van der Waals surface area contributed by atoms with Crippen LogP contribution in [-0.2, 0) is 13.0 Å². The first kappa shape index (κ1) is 16.1. The standard InChI is InChI=1S/C15H22N4O3/c1-11(2)14-17-13(22-18-14)7-4-8-16-15(20)19(3)10-12-6-5-9-21-12/h5-6,9,11H,4,7-8,10H2,1-3H3,(H,16,20). The fraction of sp³-hybridized carbons (Fsp3) is 0.533. The fourth-order valence-electron chi connectivity index (χ4n) is 1.88. The molecule has 0 radical (unpaired) electrons. The van der Waals surface area contributed by atoms with E-state index in [1.807, 2.05) is 19.9 Å². The van der Waals surface area contributed by atoms with E-state index in [1.165, 1.54) is 0 Å². The van der Waals surface area contributed by atoms with Gasteiger partial charge in [0, 0.05) is 25.9 Å². The summed E-state index contributed by atoms with van der Waals surface area (Å²) in [6, 6.07) is 3.51. The quantitative estimate of drug-likeness (QED) is 0.795. The van der Waals surface area contributed by atoms with Crippen LogP contribution in [0.3, 0.4) is 0 Å². The molecule has 7 nitrogen and oxygen atoms in total. The summed E-state index contributed by atoms with van der Waals surface area (Å²) in [6.45, 7) is 5.04. The molecule has 0 aromatic carbocycles. The molecule has 120 valence electrons. The Kier molecular flexibility index (Phi) is 5.57. The molecule has 2 rings (SSSR count). The summed E-state index contributed by atoms with van der Waals surface area (Å²) in [5.41, 5.74) is 0. The van der Waals surface area contributed by atoms with Gasteiger partial charge in [0.15, 0.2) is 5.82 Å².